The average molecular weight is 332 g/mol. The van der Waals surface area contributed by atoms with Crippen molar-refractivity contribution < 1.29 is 9.53 Å². The van der Waals surface area contributed by atoms with Gasteiger partial charge in [0.2, 0.25) is 0 Å². The molecule has 0 bridgehead atoms. The minimum absolute atomic E-state index is 0.502. The van der Waals surface area contributed by atoms with Crippen molar-refractivity contribution in [1.29, 1.82) is 0 Å². The van der Waals surface area contributed by atoms with Crippen LogP contribution in [0.25, 0.3) is 11.1 Å². The molecule has 3 rings (SSSR count). The SMILES string of the molecule is CN(C)c1ccc(NC(=O)Oc2ccc(-c3ccccc3)cc2)cc1. The Morgan fingerprint density at radius 1 is 0.800 bits per heavy atom. The van der Waals surface area contributed by atoms with Crippen LogP contribution in [0, 0.1) is 0 Å². The number of carbonyl (C=O) groups excluding carboxylic acids is 1. The molecule has 0 radical (unpaired) electrons. The number of hydrogen-bond donors (Lipinski definition) is 1. The van der Waals surface area contributed by atoms with Crippen LogP contribution >= 0.6 is 0 Å². The second-order valence-electron chi connectivity index (χ2n) is 5.85. The molecule has 3 aromatic carbocycles. The number of carbonyl (C=O) groups is 1. The quantitative estimate of drug-likeness (QED) is 0.728. The largest absolute Gasteiger partial charge is 0.417 e. The van der Waals surface area contributed by atoms with Crippen molar-refractivity contribution in [1.82, 2.24) is 0 Å². The molecule has 3 aromatic rings. The lowest BCUT2D eigenvalue weighted by atomic mass is 10.1. The molecular formula is C21H20N2O2. The van der Waals surface area contributed by atoms with Crippen LogP contribution in [0.15, 0.2) is 78.9 Å². The van der Waals surface area contributed by atoms with E-state index < -0.39 is 6.09 Å². The summed E-state index contributed by atoms with van der Waals surface area (Å²) in [5, 5.41) is 2.72. The lowest BCUT2D eigenvalue weighted by Crippen LogP contribution is -2.16. The van der Waals surface area contributed by atoms with Crippen LogP contribution in [0.2, 0.25) is 0 Å². The number of amides is 1. The van der Waals surface area contributed by atoms with Crippen LogP contribution in [-0.4, -0.2) is 20.2 Å². The Labute approximate surface area is 147 Å². The summed E-state index contributed by atoms with van der Waals surface area (Å²) in [6.45, 7) is 0. The lowest BCUT2D eigenvalue weighted by Gasteiger charge is -2.13. The van der Waals surface area contributed by atoms with E-state index in [1.807, 2.05) is 85.7 Å². The molecule has 0 aromatic heterocycles. The summed E-state index contributed by atoms with van der Waals surface area (Å²) in [5.41, 5.74) is 3.96. The number of hydrogen-bond acceptors (Lipinski definition) is 3. The third-order valence-corrected chi connectivity index (χ3v) is 3.80. The molecule has 4 heteroatoms. The second-order valence-corrected chi connectivity index (χ2v) is 5.85. The van der Waals surface area contributed by atoms with Gasteiger partial charge in [-0.3, -0.25) is 5.32 Å². The Kier molecular flexibility index (Phi) is 5.00. The van der Waals surface area contributed by atoms with Crippen LogP contribution in [-0.2, 0) is 0 Å². The molecule has 0 aliphatic heterocycles. The molecule has 0 atom stereocenters. The van der Waals surface area contributed by atoms with E-state index in [0.29, 0.717) is 11.4 Å². The van der Waals surface area contributed by atoms with E-state index in [2.05, 4.69) is 5.32 Å². The molecule has 25 heavy (non-hydrogen) atoms. The highest BCUT2D eigenvalue weighted by Crippen LogP contribution is 2.22. The molecule has 0 spiro atoms. The fourth-order valence-corrected chi connectivity index (χ4v) is 2.44. The Balaban J connectivity index is 1.61. The normalized spacial score (nSPS) is 10.2. The Bertz CT molecular complexity index is 826. The zero-order chi connectivity index (χ0) is 17.6. The van der Waals surface area contributed by atoms with Crippen molar-refractivity contribution in [2.45, 2.75) is 0 Å². The number of ether oxygens (including phenoxy) is 1. The van der Waals surface area contributed by atoms with Crippen LogP contribution in [0.5, 0.6) is 5.75 Å². The van der Waals surface area contributed by atoms with Crippen molar-refractivity contribution in [3.8, 4) is 16.9 Å². The highest BCUT2D eigenvalue weighted by molar-refractivity contribution is 5.86. The number of nitrogens with one attached hydrogen (secondary N) is 1. The van der Waals surface area contributed by atoms with Crippen molar-refractivity contribution in [3.05, 3.63) is 78.9 Å². The van der Waals surface area contributed by atoms with E-state index in [-0.39, 0.29) is 0 Å². The molecule has 0 heterocycles. The molecule has 1 amide bonds. The van der Waals surface area contributed by atoms with Gasteiger partial charge in [-0.1, -0.05) is 42.5 Å². The number of anilines is 2. The van der Waals surface area contributed by atoms with Gasteiger partial charge in [0.05, 0.1) is 0 Å². The first-order chi connectivity index (χ1) is 12.1. The fraction of sp³-hybridized carbons (Fsp3) is 0.0952. The monoisotopic (exact) mass is 332 g/mol. The van der Waals surface area contributed by atoms with Crippen molar-refractivity contribution in [2.75, 3.05) is 24.3 Å². The number of nitrogens with zero attached hydrogens (tertiary/aromatic N) is 1. The van der Waals surface area contributed by atoms with Gasteiger partial charge < -0.3 is 9.64 Å². The zero-order valence-electron chi connectivity index (χ0n) is 14.3. The van der Waals surface area contributed by atoms with Crippen LogP contribution < -0.4 is 15.0 Å². The molecule has 1 N–H and O–H groups in total. The van der Waals surface area contributed by atoms with Crippen LogP contribution in [0.3, 0.4) is 0 Å². The van der Waals surface area contributed by atoms with E-state index in [4.69, 9.17) is 4.74 Å². The van der Waals surface area contributed by atoms with Gasteiger partial charge in [-0.2, -0.15) is 0 Å². The molecule has 0 aliphatic carbocycles. The highest BCUT2D eigenvalue weighted by Gasteiger charge is 2.06. The standard InChI is InChI=1S/C21H20N2O2/c1-23(2)19-12-10-18(11-13-19)22-21(24)25-20-14-8-17(9-15-20)16-6-4-3-5-7-16/h3-15H,1-2H3,(H,22,24). The molecule has 0 saturated carbocycles. The van der Waals surface area contributed by atoms with Gasteiger partial charge in [0.15, 0.2) is 0 Å². The summed E-state index contributed by atoms with van der Waals surface area (Å²) in [5.74, 6) is 0.502. The van der Waals surface area contributed by atoms with Gasteiger partial charge in [0.1, 0.15) is 5.75 Å². The minimum atomic E-state index is -0.509. The first kappa shape index (κ1) is 16.6. The van der Waals surface area contributed by atoms with E-state index in [1.54, 1.807) is 12.1 Å². The molecule has 4 nitrogen and oxygen atoms in total. The summed E-state index contributed by atoms with van der Waals surface area (Å²) >= 11 is 0. The topological polar surface area (TPSA) is 41.6 Å². The lowest BCUT2D eigenvalue weighted by molar-refractivity contribution is 0.215. The van der Waals surface area contributed by atoms with Crippen LogP contribution in [0.4, 0.5) is 16.2 Å². The number of benzene rings is 3. The summed E-state index contributed by atoms with van der Waals surface area (Å²) in [6.07, 6.45) is -0.509. The van der Waals surface area contributed by atoms with Gasteiger partial charge >= 0.3 is 6.09 Å². The number of rotatable bonds is 4. The zero-order valence-corrected chi connectivity index (χ0v) is 14.3. The molecule has 0 aliphatic rings. The first-order valence-electron chi connectivity index (χ1n) is 8.03. The van der Waals surface area contributed by atoms with Crippen molar-refractivity contribution >= 4 is 17.5 Å². The first-order valence-corrected chi connectivity index (χ1v) is 8.03. The Morgan fingerprint density at radius 2 is 1.40 bits per heavy atom. The fourth-order valence-electron chi connectivity index (χ4n) is 2.44. The van der Waals surface area contributed by atoms with Crippen LogP contribution in [0.1, 0.15) is 0 Å². The molecule has 126 valence electrons. The van der Waals surface area contributed by atoms with Crippen molar-refractivity contribution in [3.63, 3.8) is 0 Å². The average Bonchev–Trinajstić information content (AvgIpc) is 2.63. The maximum Gasteiger partial charge on any atom is 0.417 e. The van der Waals surface area contributed by atoms with Gasteiger partial charge in [-0.25, -0.2) is 4.79 Å². The second kappa shape index (κ2) is 7.53. The third-order valence-electron chi connectivity index (χ3n) is 3.80. The van der Waals surface area contributed by atoms with Crippen molar-refractivity contribution in [2.24, 2.45) is 0 Å². The summed E-state index contributed by atoms with van der Waals surface area (Å²) < 4.78 is 5.33. The minimum Gasteiger partial charge on any atom is -0.410 e. The maximum atomic E-state index is 12.0. The molecule has 0 saturated heterocycles. The van der Waals surface area contributed by atoms with Gasteiger partial charge in [0.25, 0.3) is 0 Å². The van der Waals surface area contributed by atoms with Gasteiger partial charge in [-0.15, -0.1) is 0 Å². The predicted octanol–water partition coefficient (Wildman–Crippen LogP) is 5.03. The molecular weight excluding hydrogens is 312 g/mol. The summed E-state index contributed by atoms with van der Waals surface area (Å²) in [4.78, 5) is 14.0. The molecule has 0 unspecified atom stereocenters. The van der Waals surface area contributed by atoms with E-state index in [0.717, 1.165) is 16.8 Å². The summed E-state index contributed by atoms with van der Waals surface area (Å²) in [6, 6.07) is 25.1. The molecule has 0 fully saturated rings. The van der Waals surface area contributed by atoms with Gasteiger partial charge in [0, 0.05) is 25.5 Å². The van der Waals surface area contributed by atoms with Gasteiger partial charge in [-0.05, 0) is 47.5 Å². The van der Waals surface area contributed by atoms with E-state index in [1.165, 1.54) is 0 Å². The highest BCUT2D eigenvalue weighted by atomic mass is 16.6. The maximum absolute atomic E-state index is 12.0. The third kappa shape index (κ3) is 4.38. The summed E-state index contributed by atoms with van der Waals surface area (Å²) in [7, 11) is 3.94. The Hall–Kier alpha value is -3.27. The Morgan fingerprint density at radius 3 is 2.00 bits per heavy atom. The van der Waals surface area contributed by atoms with E-state index >= 15 is 0 Å². The van der Waals surface area contributed by atoms with E-state index in [9.17, 15) is 4.79 Å². The smallest absolute Gasteiger partial charge is 0.410 e. The predicted molar refractivity (Wildman–Crippen MR) is 102 cm³/mol.